The smallest absolute Gasteiger partial charge is 0.0770 e. The molecule has 0 aliphatic rings. The van der Waals surface area contributed by atoms with Crippen LogP contribution in [0.4, 0.5) is 0 Å². The number of fused-ring (bicyclic) bond motifs is 5. The first kappa shape index (κ1) is 28.0. The van der Waals surface area contributed by atoms with Gasteiger partial charge in [-0.1, -0.05) is 124 Å². The number of aromatic nitrogens is 2. The first-order chi connectivity index (χ1) is 17.5. The van der Waals surface area contributed by atoms with Crippen molar-refractivity contribution >= 4 is 79.2 Å². The second-order valence-electron chi connectivity index (χ2n) is 10.0. The van der Waals surface area contributed by atoms with E-state index in [0.717, 1.165) is 78.9 Å². The summed E-state index contributed by atoms with van der Waals surface area (Å²) in [6.07, 6.45) is 14.8. The van der Waals surface area contributed by atoms with Gasteiger partial charge in [-0.25, -0.2) is 0 Å². The molecule has 2 aromatic carbocycles. The monoisotopic (exact) mass is 566 g/mol. The summed E-state index contributed by atoms with van der Waals surface area (Å²) in [5.74, 6) is 0. The summed E-state index contributed by atoms with van der Waals surface area (Å²) in [7, 11) is 0. The van der Waals surface area contributed by atoms with Crippen molar-refractivity contribution < 1.29 is 0 Å². The summed E-state index contributed by atoms with van der Waals surface area (Å²) in [5.41, 5.74) is 4.25. The number of hydrogen-bond donors (Lipinski definition) is 0. The van der Waals surface area contributed by atoms with E-state index in [1.54, 1.807) is 0 Å². The lowest BCUT2D eigenvalue weighted by Crippen LogP contribution is -1.99. The molecule has 2 aromatic heterocycles. The molecule has 0 fully saturated rings. The first-order valence-electron chi connectivity index (χ1n) is 13.8. The second kappa shape index (κ2) is 13.1. The predicted molar refractivity (Wildman–Crippen MR) is 162 cm³/mol. The predicted octanol–water partition coefficient (Wildman–Crippen LogP) is 12.1. The molecule has 2 nitrogen and oxygen atoms in total. The molecule has 2 heterocycles. The maximum atomic E-state index is 6.89. The Kier molecular flexibility index (Phi) is 10.2. The van der Waals surface area contributed by atoms with E-state index in [9.17, 15) is 0 Å². The summed E-state index contributed by atoms with van der Waals surface area (Å²) in [6, 6.07) is 7.66. The number of rotatable bonds is 14. The fourth-order valence-electron chi connectivity index (χ4n) is 5.59. The SMILES string of the molecule is CCCCCCCCn1c2c(Cl)ccc(Cl)c2c2c1c1c(Cl)ccc(Cl)c1n2CCCCCCCC. The molecular weight excluding hydrogens is 530 g/mol. The lowest BCUT2D eigenvalue weighted by molar-refractivity contribution is 0.569. The summed E-state index contributed by atoms with van der Waals surface area (Å²) in [6.45, 7) is 6.27. The van der Waals surface area contributed by atoms with Crippen molar-refractivity contribution in [3.8, 4) is 0 Å². The van der Waals surface area contributed by atoms with Gasteiger partial charge in [-0.2, -0.15) is 0 Å². The number of unbranched alkanes of at least 4 members (excludes halogenated alkanes) is 10. The van der Waals surface area contributed by atoms with Crippen molar-refractivity contribution in [1.29, 1.82) is 0 Å². The average Bonchev–Trinajstić information content (AvgIpc) is 3.38. The van der Waals surface area contributed by atoms with E-state index in [1.165, 1.54) is 64.2 Å². The highest BCUT2D eigenvalue weighted by Gasteiger charge is 2.25. The van der Waals surface area contributed by atoms with E-state index in [4.69, 9.17) is 46.4 Å². The normalized spacial score (nSPS) is 12.1. The van der Waals surface area contributed by atoms with Gasteiger partial charge in [-0.15, -0.1) is 0 Å². The molecule has 0 aliphatic heterocycles. The number of benzene rings is 2. The number of hydrogen-bond acceptors (Lipinski definition) is 0. The quantitative estimate of drug-likeness (QED) is 0.134. The van der Waals surface area contributed by atoms with Crippen molar-refractivity contribution in [2.45, 2.75) is 104 Å². The highest BCUT2D eigenvalue weighted by atomic mass is 35.5. The van der Waals surface area contributed by atoms with E-state index < -0.39 is 0 Å². The van der Waals surface area contributed by atoms with Gasteiger partial charge in [-0.05, 0) is 37.1 Å². The molecule has 0 radical (unpaired) electrons. The fraction of sp³-hybridized carbons (Fsp3) is 0.533. The van der Waals surface area contributed by atoms with Crippen LogP contribution in [0.25, 0.3) is 32.8 Å². The van der Waals surface area contributed by atoms with Crippen LogP contribution >= 0.6 is 46.4 Å². The average molecular weight is 568 g/mol. The molecule has 4 aromatic rings. The molecule has 0 saturated heterocycles. The highest BCUT2D eigenvalue weighted by molar-refractivity contribution is 6.46. The van der Waals surface area contributed by atoms with Crippen molar-refractivity contribution in [2.24, 2.45) is 0 Å². The van der Waals surface area contributed by atoms with E-state index in [0.29, 0.717) is 0 Å². The van der Waals surface area contributed by atoms with Gasteiger partial charge < -0.3 is 9.13 Å². The molecule has 6 heteroatoms. The molecule has 0 bridgehead atoms. The lowest BCUT2D eigenvalue weighted by Gasteiger charge is -2.12. The van der Waals surface area contributed by atoms with Crippen molar-refractivity contribution in [2.75, 3.05) is 0 Å². The zero-order valence-corrected chi connectivity index (χ0v) is 24.6. The minimum atomic E-state index is 0.723. The van der Waals surface area contributed by atoms with Crippen molar-refractivity contribution in [3.63, 3.8) is 0 Å². The van der Waals surface area contributed by atoms with Gasteiger partial charge >= 0.3 is 0 Å². The summed E-state index contributed by atoms with van der Waals surface area (Å²) in [5, 5.41) is 4.93. The number of halogens is 4. The molecule has 0 aliphatic carbocycles. The van der Waals surface area contributed by atoms with Crippen LogP contribution in [0.15, 0.2) is 24.3 Å². The van der Waals surface area contributed by atoms with Crippen LogP contribution in [0, 0.1) is 0 Å². The van der Waals surface area contributed by atoms with Crippen molar-refractivity contribution in [1.82, 2.24) is 9.13 Å². The van der Waals surface area contributed by atoms with Crippen LogP contribution in [0.5, 0.6) is 0 Å². The molecule has 0 unspecified atom stereocenters. The third kappa shape index (κ3) is 5.68. The zero-order chi connectivity index (χ0) is 25.7. The molecule has 0 saturated carbocycles. The fourth-order valence-corrected chi connectivity index (χ4v) is 6.60. The number of nitrogens with zero attached hydrogens (tertiary/aromatic N) is 2. The van der Waals surface area contributed by atoms with Gasteiger partial charge in [0.2, 0.25) is 0 Å². The topological polar surface area (TPSA) is 9.86 Å². The molecule has 0 N–H and O–H groups in total. The molecule has 4 rings (SSSR count). The van der Waals surface area contributed by atoms with Crippen LogP contribution in [-0.4, -0.2) is 9.13 Å². The largest absolute Gasteiger partial charge is 0.337 e. The Balaban J connectivity index is 1.84. The Morgan fingerprint density at radius 1 is 0.444 bits per heavy atom. The van der Waals surface area contributed by atoms with Gasteiger partial charge in [0.25, 0.3) is 0 Å². The lowest BCUT2D eigenvalue weighted by atomic mass is 10.1. The molecule has 36 heavy (non-hydrogen) atoms. The van der Waals surface area contributed by atoms with E-state index in [-0.39, 0.29) is 0 Å². The number of aryl methyl sites for hydroxylation is 2. The zero-order valence-electron chi connectivity index (χ0n) is 21.6. The van der Waals surface area contributed by atoms with Gasteiger partial charge in [0.05, 0.1) is 42.2 Å². The van der Waals surface area contributed by atoms with Gasteiger partial charge in [-0.3, -0.25) is 0 Å². The third-order valence-corrected chi connectivity index (χ3v) is 8.64. The maximum absolute atomic E-state index is 6.89. The van der Waals surface area contributed by atoms with Crippen LogP contribution in [0.1, 0.15) is 90.9 Å². The molecule has 0 amide bonds. The second-order valence-corrected chi connectivity index (χ2v) is 11.7. The molecule has 0 spiro atoms. The van der Waals surface area contributed by atoms with E-state index in [2.05, 4.69) is 23.0 Å². The van der Waals surface area contributed by atoms with E-state index >= 15 is 0 Å². The molecule has 196 valence electrons. The van der Waals surface area contributed by atoms with Crippen LogP contribution < -0.4 is 0 Å². The third-order valence-electron chi connectivity index (χ3n) is 7.40. The van der Waals surface area contributed by atoms with Gasteiger partial charge in [0.15, 0.2) is 0 Å². The summed E-state index contributed by atoms with van der Waals surface area (Å²) >= 11 is 27.5. The van der Waals surface area contributed by atoms with Gasteiger partial charge in [0.1, 0.15) is 0 Å². The van der Waals surface area contributed by atoms with Crippen LogP contribution in [0.2, 0.25) is 20.1 Å². The van der Waals surface area contributed by atoms with Crippen molar-refractivity contribution in [3.05, 3.63) is 44.4 Å². The highest BCUT2D eigenvalue weighted by Crippen LogP contribution is 2.46. The summed E-state index contributed by atoms with van der Waals surface area (Å²) < 4.78 is 4.72. The minimum Gasteiger partial charge on any atom is -0.337 e. The van der Waals surface area contributed by atoms with Gasteiger partial charge in [0, 0.05) is 23.9 Å². The molecular formula is C30H38Cl4N2. The summed E-state index contributed by atoms with van der Waals surface area (Å²) in [4.78, 5) is 0. The Hall–Kier alpha value is -1.06. The Labute approximate surface area is 235 Å². The van der Waals surface area contributed by atoms with Crippen LogP contribution in [0.3, 0.4) is 0 Å². The molecule has 0 atom stereocenters. The standard InChI is InChI=1S/C30H38Cl4N2/c1-3-5-7-9-11-13-19-35-27-23(33)17-15-21(31)25(27)30-29(35)26-22(32)16-18-24(34)28(26)36(30)20-14-12-10-8-6-4-2/h15-18H,3-14,19-20H2,1-2H3. The minimum absolute atomic E-state index is 0.723. The Morgan fingerprint density at radius 3 is 1.17 bits per heavy atom. The van der Waals surface area contributed by atoms with Crippen LogP contribution in [-0.2, 0) is 13.1 Å². The first-order valence-corrected chi connectivity index (χ1v) is 15.3. The maximum Gasteiger partial charge on any atom is 0.0770 e. The Bertz CT molecular complexity index is 1220. The van der Waals surface area contributed by atoms with E-state index in [1.807, 2.05) is 24.3 Å². The Morgan fingerprint density at radius 2 is 0.778 bits per heavy atom.